The van der Waals surface area contributed by atoms with E-state index in [2.05, 4.69) is 40.6 Å². The number of carbonyl (C=O) groups excluding carboxylic acids is 1. The number of H-pyrrole nitrogens is 1. The Hall–Kier alpha value is -4.84. The molecule has 1 fully saturated rings. The van der Waals surface area contributed by atoms with Gasteiger partial charge in [0.2, 0.25) is 5.88 Å². The maximum atomic E-state index is 12.4. The van der Waals surface area contributed by atoms with E-state index in [0.29, 0.717) is 41.6 Å². The number of urea groups is 1. The van der Waals surface area contributed by atoms with Crippen molar-refractivity contribution in [2.45, 2.75) is 0 Å². The molecule has 12 heteroatoms. The van der Waals surface area contributed by atoms with Crippen LogP contribution in [0.1, 0.15) is 0 Å². The van der Waals surface area contributed by atoms with E-state index in [0.717, 1.165) is 30.0 Å². The van der Waals surface area contributed by atoms with Crippen molar-refractivity contribution in [2.75, 3.05) is 41.8 Å². The van der Waals surface area contributed by atoms with Crippen LogP contribution in [0.3, 0.4) is 0 Å². The number of fused-ring (bicyclic) bond motifs is 1. The fraction of sp³-hybridized carbons (Fsp3) is 0.167. The zero-order chi connectivity index (χ0) is 24.3. The normalized spacial score (nSPS) is 13.6. The van der Waals surface area contributed by atoms with Crippen molar-refractivity contribution in [1.29, 1.82) is 0 Å². The van der Waals surface area contributed by atoms with Crippen molar-refractivity contribution in [3.8, 4) is 22.6 Å². The maximum absolute atomic E-state index is 12.4. The molecule has 0 bridgehead atoms. The van der Waals surface area contributed by atoms with Gasteiger partial charge in [0.05, 0.1) is 13.2 Å². The fourth-order valence-corrected chi connectivity index (χ4v) is 3.93. The number of rotatable bonds is 5. The summed E-state index contributed by atoms with van der Waals surface area (Å²) in [5.41, 5.74) is 4.21. The number of benzene rings is 1. The van der Waals surface area contributed by atoms with Crippen molar-refractivity contribution < 1.29 is 14.1 Å². The molecule has 180 valence electrons. The summed E-state index contributed by atoms with van der Waals surface area (Å²) in [7, 11) is 0. The average Bonchev–Trinajstić information content (AvgIpc) is 3.57. The van der Waals surface area contributed by atoms with Gasteiger partial charge in [0.1, 0.15) is 17.8 Å². The number of hydrogen-bond donors (Lipinski definition) is 3. The number of pyridine rings is 1. The first-order valence-electron chi connectivity index (χ1n) is 11.3. The van der Waals surface area contributed by atoms with Gasteiger partial charge in [-0.1, -0.05) is 5.16 Å². The van der Waals surface area contributed by atoms with E-state index in [1.807, 2.05) is 18.2 Å². The zero-order valence-corrected chi connectivity index (χ0v) is 19.0. The summed E-state index contributed by atoms with van der Waals surface area (Å²) < 4.78 is 10.6. The summed E-state index contributed by atoms with van der Waals surface area (Å²) in [6.45, 7) is 2.84. The Labute approximate surface area is 204 Å². The van der Waals surface area contributed by atoms with Crippen molar-refractivity contribution in [3.63, 3.8) is 0 Å². The number of imidazole rings is 1. The van der Waals surface area contributed by atoms with Gasteiger partial charge in [-0.25, -0.2) is 19.7 Å². The van der Waals surface area contributed by atoms with Gasteiger partial charge in [-0.3, -0.25) is 10.3 Å². The lowest BCUT2D eigenvalue weighted by Gasteiger charge is -2.27. The molecule has 1 aliphatic heterocycles. The second kappa shape index (κ2) is 9.43. The number of amides is 2. The van der Waals surface area contributed by atoms with Gasteiger partial charge in [-0.05, 0) is 36.4 Å². The quantitative estimate of drug-likeness (QED) is 0.341. The minimum atomic E-state index is -0.453. The maximum Gasteiger partial charge on any atom is 0.326 e. The van der Waals surface area contributed by atoms with Gasteiger partial charge < -0.3 is 24.5 Å². The highest BCUT2D eigenvalue weighted by Crippen LogP contribution is 2.27. The van der Waals surface area contributed by atoms with Crippen LogP contribution in [0.5, 0.6) is 0 Å². The third kappa shape index (κ3) is 4.44. The lowest BCUT2D eigenvalue weighted by atomic mass is 10.2. The molecule has 0 spiro atoms. The van der Waals surface area contributed by atoms with Gasteiger partial charge in [0.25, 0.3) is 0 Å². The van der Waals surface area contributed by atoms with E-state index >= 15 is 0 Å². The first-order chi connectivity index (χ1) is 17.7. The number of nitrogens with zero attached hydrogens (tertiary/aromatic N) is 6. The number of aromatic amines is 1. The van der Waals surface area contributed by atoms with E-state index in [1.54, 1.807) is 36.7 Å². The number of hydrogen-bond acceptors (Lipinski definition) is 9. The van der Waals surface area contributed by atoms with Crippen LogP contribution >= 0.6 is 0 Å². The molecule has 5 aromatic rings. The van der Waals surface area contributed by atoms with E-state index in [-0.39, 0.29) is 5.88 Å². The van der Waals surface area contributed by atoms with Crippen LogP contribution in [0, 0.1) is 0 Å². The molecule has 3 N–H and O–H groups in total. The third-order valence-corrected chi connectivity index (χ3v) is 5.69. The van der Waals surface area contributed by atoms with Gasteiger partial charge in [0.15, 0.2) is 17.0 Å². The molecule has 1 aromatic carbocycles. The van der Waals surface area contributed by atoms with Crippen LogP contribution in [0.4, 0.5) is 22.2 Å². The Kier molecular flexibility index (Phi) is 5.68. The smallest absolute Gasteiger partial charge is 0.326 e. The summed E-state index contributed by atoms with van der Waals surface area (Å²) in [4.78, 5) is 35.4. The predicted octanol–water partition coefficient (Wildman–Crippen LogP) is 3.55. The standard InChI is InChI=1S/C24H21N9O3/c34-24(29-19-12-18(32-36-19)16-2-1-7-25-13-16)28-17-5-3-15(4-6-17)21-30-20-22(31-21)26-14-27-23(20)33-8-10-35-11-9-33/h1-7,12-14H,8-11H2,(H2,28,29,34)(H,26,27,30,31). The first kappa shape index (κ1) is 21.7. The molecule has 1 saturated heterocycles. The Morgan fingerprint density at radius 2 is 1.89 bits per heavy atom. The molecule has 0 unspecified atom stereocenters. The third-order valence-electron chi connectivity index (χ3n) is 5.69. The van der Waals surface area contributed by atoms with Crippen LogP contribution in [0.2, 0.25) is 0 Å². The van der Waals surface area contributed by atoms with Crippen molar-refractivity contribution >= 4 is 34.6 Å². The predicted molar refractivity (Wildman–Crippen MR) is 133 cm³/mol. The Morgan fingerprint density at radius 1 is 1.03 bits per heavy atom. The van der Waals surface area contributed by atoms with Crippen molar-refractivity contribution in [2.24, 2.45) is 0 Å². The number of carbonyl (C=O) groups is 1. The molecule has 0 radical (unpaired) electrons. The highest BCUT2D eigenvalue weighted by Gasteiger charge is 2.19. The molecule has 1 aliphatic rings. The number of anilines is 3. The van der Waals surface area contributed by atoms with Crippen LogP contribution < -0.4 is 15.5 Å². The van der Waals surface area contributed by atoms with E-state index in [4.69, 9.17) is 14.2 Å². The van der Waals surface area contributed by atoms with E-state index in [9.17, 15) is 4.79 Å². The number of morpholine rings is 1. The molecule has 0 saturated carbocycles. The molecule has 6 rings (SSSR count). The molecular weight excluding hydrogens is 462 g/mol. The SMILES string of the molecule is O=C(Nc1ccc(-c2nc3c(N4CCOCC4)ncnc3[nH]2)cc1)Nc1cc(-c2cccnc2)no1. The number of aromatic nitrogens is 6. The minimum Gasteiger partial charge on any atom is -0.378 e. The molecule has 0 atom stereocenters. The second-order valence-electron chi connectivity index (χ2n) is 8.05. The minimum absolute atomic E-state index is 0.224. The first-order valence-corrected chi connectivity index (χ1v) is 11.3. The van der Waals surface area contributed by atoms with Crippen LogP contribution in [0.15, 0.2) is 65.7 Å². The zero-order valence-electron chi connectivity index (χ0n) is 19.0. The topological polar surface area (TPSA) is 147 Å². The molecule has 4 aromatic heterocycles. The Balaban J connectivity index is 1.14. The molecule has 0 aliphatic carbocycles. The Morgan fingerprint density at radius 3 is 2.69 bits per heavy atom. The summed E-state index contributed by atoms with van der Waals surface area (Å²) in [5, 5.41) is 9.37. The van der Waals surface area contributed by atoms with E-state index in [1.165, 1.54) is 6.33 Å². The largest absolute Gasteiger partial charge is 0.378 e. The van der Waals surface area contributed by atoms with Gasteiger partial charge in [0, 0.05) is 48.4 Å². The summed E-state index contributed by atoms with van der Waals surface area (Å²) in [5.74, 6) is 1.68. The van der Waals surface area contributed by atoms with Crippen LogP contribution in [0.25, 0.3) is 33.8 Å². The summed E-state index contributed by atoms with van der Waals surface area (Å²) in [6, 6.07) is 12.1. The van der Waals surface area contributed by atoms with Crippen LogP contribution in [-0.4, -0.2) is 62.4 Å². The Bertz CT molecular complexity index is 1490. The van der Waals surface area contributed by atoms with Gasteiger partial charge >= 0.3 is 6.03 Å². The number of nitrogens with one attached hydrogen (secondary N) is 3. The van der Waals surface area contributed by atoms with Gasteiger partial charge in [-0.15, -0.1) is 0 Å². The lowest BCUT2D eigenvalue weighted by molar-refractivity contribution is 0.122. The summed E-state index contributed by atoms with van der Waals surface area (Å²) in [6.07, 6.45) is 4.88. The molecule has 2 amide bonds. The fourth-order valence-electron chi connectivity index (χ4n) is 3.93. The molecule has 36 heavy (non-hydrogen) atoms. The van der Waals surface area contributed by atoms with E-state index < -0.39 is 6.03 Å². The second-order valence-corrected chi connectivity index (χ2v) is 8.05. The molecular formula is C24H21N9O3. The average molecular weight is 483 g/mol. The van der Waals surface area contributed by atoms with Crippen molar-refractivity contribution in [1.82, 2.24) is 30.1 Å². The molecule has 12 nitrogen and oxygen atoms in total. The highest BCUT2D eigenvalue weighted by molar-refractivity contribution is 5.99. The lowest BCUT2D eigenvalue weighted by Crippen LogP contribution is -2.36. The summed E-state index contributed by atoms with van der Waals surface area (Å²) >= 11 is 0. The monoisotopic (exact) mass is 483 g/mol. The number of ether oxygens (including phenoxy) is 1. The van der Waals surface area contributed by atoms with Gasteiger partial charge in [-0.2, -0.15) is 0 Å². The van der Waals surface area contributed by atoms with Crippen LogP contribution in [-0.2, 0) is 4.74 Å². The highest BCUT2D eigenvalue weighted by atomic mass is 16.5. The van der Waals surface area contributed by atoms with Crippen molar-refractivity contribution in [3.05, 3.63) is 61.2 Å². The molecule has 5 heterocycles.